The molecule has 0 saturated carbocycles. The van der Waals surface area contributed by atoms with Crippen molar-refractivity contribution in [1.29, 1.82) is 0 Å². The molecule has 0 saturated heterocycles. The average molecular weight is 467 g/mol. The number of aliphatic hydroxyl groups is 1. The van der Waals surface area contributed by atoms with Gasteiger partial charge < -0.3 is 14.6 Å². The van der Waals surface area contributed by atoms with Crippen LogP contribution in [0.4, 0.5) is 18.0 Å². The maximum Gasteiger partial charge on any atom is 0.416 e. The molecule has 33 heavy (non-hydrogen) atoms. The van der Waals surface area contributed by atoms with E-state index < -0.39 is 41.5 Å². The van der Waals surface area contributed by atoms with Gasteiger partial charge in [-0.3, -0.25) is 4.90 Å². The highest BCUT2D eigenvalue weighted by Crippen LogP contribution is 2.30. The predicted molar refractivity (Wildman–Crippen MR) is 115 cm³/mol. The van der Waals surface area contributed by atoms with Gasteiger partial charge in [0, 0.05) is 6.54 Å². The van der Waals surface area contributed by atoms with Crippen molar-refractivity contribution in [3.8, 4) is 0 Å². The standard InChI is InChI=1S/C24H28F3NO5/c1-23(2,3)33-22(31)28(15-17-8-6-5-7-9-17)19(20(29)21(30)32-4)14-16-10-12-18(13-11-16)24(25,26)27/h5-13,19-20,29H,14-15H2,1-4H3/t19-,20-/m0/s1. The number of halogens is 3. The van der Waals surface area contributed by atoms with Crippen LogP contribution in [-0.2, 0) is 33.4 Å². The molecule has 0 bridgehead atoms. The van der Waals surface area contributed by atoms with Gasteiger partial charge in [0.2, 0.25) is 0 Å². The molecule has 1 amide bonds. The summed E-state index contributed by atoms with van der Waals surface area (Å²) in [6.07, 6.45) is -7.15. The molecule has 0 radical (unpaired) electrons. The van der Waals surface area contributed by atoms with Gasteiger partial charge in [-0.25, -0.2) is 9.59 Å². The van der Waals surface area contributed by atoms with E-state index in [4.69, 9.17) is 4.74 Å². The molecular formula is C24H28F3NO5. The molecule has 0 heterocycles. The van der Waals surface area contributed by atoms with Crippen LogP contribution in [0.5, 0.6) is 0 Å². The van der Waals surface area contributed by atoms with Crippen LogP contribution in [0.15, 0.2) is 54.6 Å². The van der Waals surface area contributed by atoms with Crippen LogP contribution in [-0.4, -0.2) is 46.9 Å². The molecule has 1 N–H and O–H groups in total. The highest BCUT2D eigenvalue weighted by molar-refractivity contribution is 5.77. The number of esters is 1. The summed E-state index contributed by atoms with van der Waals surface area (Å²) in [5, 5.41) is 10.7. The zero-order valence-corrected chi connectivity index (χ0v) is 18.9. The van der Waals surface area contributed by atoms with Crippen LogP contribution in [0.1, 0.15) is 37.5 Å². The summed E-state index contributed by atoms with van der Waals surface area (Å²) in [4.78, 5) is 26.5. The van der Waals surface area contributed by atoms with Crippen molar-refractivity contribution in [3.05, 3.63) is 71.3 Å². The minimum Gasteiger partial charge on any atom is -0.467 e. The Kier molecular flexibility index (Phi) is 8.49. The summed E-state index contributed by atoms with van der Waals surface area (Å²) in [5.41, 5.74) is -0.596. The van der Waals surface area contributed by atoms with E-state index in [1.54, 1.807) is 51.1 Å². The van der Waals surface area contributed by atoms with E-state index in [9.17, 15) is 27.9 Å². The quantitative estimate of drug-likeness (QED) is 0.603. The van der Waals surface area contributed by atoms with Crippen LogP contribution in [0.3, 0.4) is 0 Å². The second kappa shape index (κ2) is 10.7. The first-order valence-electron chi connectivity index (χ1n) is 10.3. The second-order valence-electron chi connectivity index (χ2n) is 8.53. The predicted octanol–water partition coefficient (Wildman–Crippen LogP) is 4.59. The van der Waals surface area contributed by atoms with E-state index in [0.29, 0.717) is 11.1 Å². The van der Waals surface area contributed by atoms with E-state index in [-0.39, 0.29) is 13.0 Å². The van der Waals surface area contributed by atoms with Crippen molar-refractivity contribution in [1.82, 2.24) is 4.90 Å². The van der Waals surface area contributed by atoms with Gasteiger partial charge in [-0.15, -0.1) is 0 Å². The fourth-order valence-electron chi connectivity index (χ4n) is 3.16. The van der Waals surface area contributed by atoms with Crippen molar-refractivity contribution in [2.24, 2.45) is 0 Å². The summed E-state index contributed by atoms with van der Waals surface area (Å²) >= 11 is 0. The molecule has 0 aliphatic carbocycles. The van der Waals surface area contributed by atoms with E-state index in [0.717, 1.165) is 19.2 Å². The number of aliphatic hydroxyl groups excluding tert-OH is 1. The monoisotopic (exact) mass is 467 g/mol. The van der Waals surface area contributed by atoms with E-state index in [1.165, 1.54) is 17.0 Å². The number of nitrogens with zero attached hydrogens (tertiary/aromatic N) is 1. The molecule has 0 fully saturated rings. The van der Waals surface area contributed by atoms with Crippen LogP contribution in [0.2, 0.25) is 0 Å². The Bertz CT molecular complexity index is 924. The van der Waals surface area contributed by atoms with Gasteiger partial charge in [-0.1, -0.05) is 42.5 Å². The number of hydrogen-bond acceptors (Lipinski definition) is 5. The summed E-state index contributed by atoms with van der Waals surface area (Å²) in [6, 6.07) is 12.0. The van der Waals surface area contributed by atoms with Gasteiger partial charge in [0.15, 0.2) is 6.10 Å². The third-order valence-electron chi connectivity index (χ3n) is 4.76. The summed E-state index contributed by atoms with van der Waals surface area (Å²) in [7, 11) is 1.09. The van der Waals surface area contributed by atoms with Crippen molar-refractivity contribution in [2.75, 3.05) is 7.11 Å². The maximum absolute atomic E-state index is 13.1. The lowest BCUT2D eigenvalue weighted by Crippen LogP contribution is -2.52. The van der Waals surface area contributed by atoms with Crippen LogP contribution in [0, 0.1) is 0 Å². The number of rotatable bonds is 7. The average Bonchev–Trinajstić information content (AvgIpc) is 2.74. The van der Waals surface area contributed by atoms with E-state index in [2.05, 4.69) is 4.74 Å². The SMILES string of the molecule is COC(=O)[C@@H](O)[C@H](Cc1ccc(C(F)(F)F)cc1)N(Cc1ccccc1)C(=O)OC(C)(C)C. The number of amides is 1. The first-order valence-corrected chi connectivity index (χ1v) is 10.3. The number of hydrogen-bond donors (Lipinski definition) is 1. The number of ether oxygens (including phenoxy) is 2. The van der Waals surface area contributed by atoms with Gasteiger partial charge in [0.25, 0.3) is 0 Å². The topological polar surface area (TPSA) is 76.1 Å². The highest BCUT2D eigenvalue weighted by atomic mass is 19.4. The Morgan fingerprint density at radius 2 is 1.55 bits per heavy atom. The van der Waals surface area contributed by atoms with E-state index >= 15 is 0 Å². The van der Waals surface area contributed by atoms with Crippen LogP contribution in [0.25, 0.3) is 0 Å². The third kappa shape index (κ3) is 7.78. The molecule has 0 aliphatic rings. The second-order valence-corrected chi connectivity index (χ2v) is 8.53. The van der Waals surface area contributed by atoms with Crippen LogP contribution >= 0.6 is 0 Å². The highest BCUT2D eigenvalue weighted by Gasteiger charge is 2.37. The smallest absolute Gasteiger partial charge is 0.416 e. The lowest BCUT2D eigenvalue weighted by molar-refractivity contribution is -0.154. The molecule has 0 aromatic heterocycles. The minimum atomic E-state index is -4.50. The molecule has 0 spiro atoms. The van der Waals surface area contributed by atoms with Crippen molar-refractivity contribution in [3.63, 3.8) is 0 Å². The van der Waals surface area contributed by atoms with Crippen LogP contribution < -0.4 is 0 Å². The number of carbonyl (C=O) groups excluding carboxylic acids is 2. The zero-order valence-electron chi connectivity index (χ0n) is 18.9. The molecular weight excluding hydrogens is 439 g/mol. The largest absolute Gasteiger partial charge is 0.467 e. The van der Waals surface area contributed by atoms with Gasteiger partial charge in [-0.2, -0.15) is 13.2 Å². The van der Waals surface area contributed by atoms with Crippen molar-refractivity contribution in [2.45, 2.75) is 57.7 Å². The Morgan fingerprint density at radius 3 is 2.03 bits per heavy atom. The number of methoxy groups -OCH3 is 1. The molecule has 2 aromatic carbocycles. The lowest BCUT2D eigenvalue weighted by Gasteiger charge is -2.35. The van der Waals surface area contributed by atoms with Gasteiger partial charge in [0.05, 0.1) is 18.7 Å². The van der Waals surface area contributed by atoms with Gasteiger partial charge >= 0.3 is 18.2 Å². The minimum absolute atomic E-state index is 0.00485. The molecule has 2 aromatic rings. The molecule has 180 valence electrons. The normalized spacial score (nSPS) is 13.7. The summed E-state index contributed by atoms with van der Waals surface area (Å²) in [5.74, 6) is -0.978. The van der Waals surface area contributed by atoms with Gasteiger partial charge in [0.1, 0.15) is 5.60 Å². The molecule has 9 heteroatoms. The lowest BCUT2D eigenvalue weighted by atomic mass is 9.98. The third-order valence-corrected chi connectivity index (χ3v) is 4.76. The molecule has 2 atom stereocenters. The fourth-order valence-corrected chi connectivity index (χ4v) is 3.16. The summed E-state index contributed by atoms with van der Waals surface area (Å²) in [6.45, 7) is 5.02. The number of benzene rings is 2. The Hall–Kier alpha value is -3.07. The Labute approximate surface area is 190 Å². The van der Waals surface area contributed by atoms with E-state index in [1.807, 2.05) is 0 Å². The Morgan fingerprint density at radius 1 is 0.970 bits per heavy atom. The van der Waals surface area contributed by atoms with Crippen molar-refractivity contribution < 1.29 is 37.3 Å². The Balaban J connectivity index is 2.45. The first-order chi connectivity index (χ1) is 15.3. The zero-order chi connectivity index (χ0) is 24.8. The van der Waals surface area contributed by atoms with Crippen molar-refractivity contribution >= 4 is 12.1 Å². The fraction of sp³-hybridized carbons (Fsp3) is 0.417. The molecule has 0 aliphatic heterocycles. The van der Waals surface area contributed by atoms with Gasteiger partial charge in [-0.05, 0) is 50.5 Å². The molecule has 6 nitrogen and oxygen atoms in total. The first kappa shape index (κ1) is 26.2. The molecule has 2 rings (SSSR count). The maximum atomic E-state index is 13.1. The number of carbonyl (C=O) groups is 2. The number of alkyl halides is 3. The summed E-state index contributed by atoms with van der Waals surface area (Å²) < 4.78 is 48.9. The molecule has 0 unspecified atom stereocenters.